The average molecular weight is 354 g/mol. The molecule has 4 rings (SSSR count). The van der Waals surface area contributed by atoms with Crippen molar-refractivity contribution in [2.75, 3.05) is 13.1 Å². The number of nitrogens with one attached hydrogen (secondary N) is 1. The highest BCUT2D eigenvalue weighted by Gasteiger charge is 2.43. The van der Waals surface area contributed by atoms with Crippen LogP contribution in [0.4, 0.5) is 0 Å². The van der Waals surface area contributed by atoms with Crippen LogP contribution in [0, 0.1) is 11.8 Å². The normalized spacial score (nSPS) is 22.4. The van der Waals surface area contributed by atoms with E-state index in [9.17, 15) is 9.59 Å². The summed E-state index contributed by atoms with van der Waals surface area (Å²) >= 11 is 0. The van der Waals surface area contributed by atoms with Crippen molar-refractivity contribution in [1.82, 2.24) is 30.4 Å². The van der Waals surface area contributed by atoms with E-state index in [2.05, 4.69) is 20.8 Å². The van der Waals surface area contributed by atoms with E-state index in [4.69, 9.17) is 0 Å². The number of tetrazole rings is 1. The summed E-state index contributed by atoms with van der Waals surface area (Å²) in [6, 6.07) is 7.66. The van der Waals surface area contributed by atoms with Crippen molar-refractivity contribution in [3.05, 3.63) is 36.2 Å². The molecule has 1 aromatic heterocycles. The van der Waals surface area contributed by atoms with Crippen LogP contribution in [0.3, 0.4) is 0 Å². The van der Waals surface area contributed by atoms with E-state index in [1.165, 1.54) is 19.2 Å². The molecule has 0 unspecified atom stereocenters. The molecule has 2 aromatic rings. The molecule has 2 atom stereocenters. The molecule has 0 radical (unpaired) electrons. The first-order valence-electron chi connectivity index (χ1n) is 8.97. The van der Waals surface area contributed by atoms with E-state index in [1.807, 2.05) is 29.2 Å². The third kappa shape index (κ3) is 3.58. The summed E-state index contributed by atoms with van der Waals surface area (Å²) in [7, 11) is 0. The fourth-order valence-corrected chi connectivity index (χ4v) is 3.73. The Labute approximate surface area is 151 Å². The molecule has 8 nitrogen and oxygen atoms in total. The topological polar surface area (TPSA) is 93.0 Å². The van der Waals surface area contributed by atoms with Gasteiger partial charge in [-0.15, -0.1) is 5.10 Å². The quantitative estimate of drug-likeness (QED) is 0.848. The molecule has 26 heavy (non-hydrogen) atoms. The Morgan fingerprint density at radius 1 is 1.19 bits per heavy atom. The highest BCUT2D eigenvalue weighted by molar-refractivity contribution is 5.79. The number of carbonyl (C=O) groups excluding carboxylic acids is 2. The fourth-order valence-electron chi connectivity index (χ4n) is 3.73. The van der Waals surface area contributed by atoms with Crippen molar-refractivity contribution in [3.63, 3.8) is 0 Å². The van der Waals surface area contributed by atoms with Gasteiger partial charge in [0, 0.05) is 25.9 Å². The molecular formula is C18H22N6O2. The van der Waals surface area contributed by atoms with E-state index in [0.29, 0.717) is 24.8 Å². The van der Waals surface area contributed by atoms with E-state index >= 15 is 0 Å². The van der Waals surface area contributed by atoms with Crippen LogP contribution in [0.15, 0.2) is 30.6 Å². The first kappa shape index (κ1) is 16.7. The molecule has 1 saturated carbocycles. The molecule has 1 aromatic carbocycles. The van der Waals surface area contributed by atoms with Crippen molar-refractivity contribution in [2.24, 2.45) is 11.8 Å². The number of nitrogens with zero attached hydrogens (tertiary/aromatic N) is 5. The predicted molar refractivity (Wildman–Crippen MR) is 93.3 cm³/mol. The Morgan fingerprint density at radius 3 is 2.58 bits per heavy atom. The van der Waals surface area contributed by atoms with Gasteiger partial charge in [-0.2, -0.15) is 0 Å². The summed E-state index contributed by atoms with van der Waals surface area (Å²) < 4.78 is 1.57. The van der Waals surface area contributed by atoms with Gasteiger partial charge in [-0.05, 0) is 46.9 Å². The summed E-state index contributed by atoms with van der Waals surface area (Å²) in [5.41, 5.74) is 1.78. The Balaban J connectivity index is 1.36. The minimum Gasteiger partial charge on any atom is -0.351 e. The standard InChI is InChI=1S/C18H22N6O2/c1-12(25)23-9-16(14-4-5-14)17(10-23)20-18(26)8-13-2-6-15(7-3-13)24-11-19-21-22-24/h2-3,6-7,11,14,16-17H,4-5,8-10H2,1H3,(H,20,26)/t16-,17+/m1/s1. The van der Waals surface area contributed by atoms with Gasteiger partial charge in [0.05, 0.1) is 18.2 Å². The maximum atomic E-state index is 12.5. The molecule has 0 bridgehead atoms. The summed E-state index contributed by atoms with van der Waals surface area (Å²) in [5.74, 6) is 1.14. The molecule has 2 heterocycles. The minimum atomic E-state index is 0.00113. The molecule has 2 aliphatic rings. The monoisotopic (exact) mass is 354 g/mol. The van der Waals surface area contributed by atoms with Crippen molar-refractivity contribution < 1.29 is 9.59 Å². The SMILES string of the molecule is CC(=O)N1C[C@H](NC(=O)Cc2ccc(-n3cnnn3)cc2)[C@@H](C2CC2)C1. The number of carbonyl (C=O) groups is 2. The van der Waals surface area contributed by atoms with Crippen molar-refractivity contribution >= 4 is 11.8 Å². The number of hydrogen-bond acceptors (Lipinski definition) is 5. The van der Waals surface area contributed by atoms with Crippen LogP contribution in [0.5, 0.6) is 0 Å². The lowest BCUT2D eigenvalue weighted by atomic mass is 9.98. The zero-order valence-electron chi connectivity index (χ0n) is 14.7. The van der Waals surface area contributed by atoms with E-state index in [-0.39, 0.29) is 17.9 Å². The molecule has 1 aliphatic heterocycles. The second-order valence-electron chi connectivity index (χ2n) is 7.20. The number of hydrogen-bond donors (Lipinski definition) is 1. The maximum Gasteiger partial charge on any atom is 0.224 e. The van der Waals surface area contributed by atoms with Crippen LogP contribution < -0.4 is 5.32 Å². The first-order valence-corrected chi connectivity index (χ1v) is 8.97. The van der Waals surface area contributed by atoms with Gasteiger partial charge in [-0.1, -0.05) is 12.1 Å². The number of amides is 2. The lowest BCUT2D eigenvalue weighted by molar-refractivity contribution is -0.128. The largest absolute Gasteiger partial charge is 0.351 e. The van der Waals surface area contributed by atoms with Crippen LogP contribution in [0.1, 0.15) is 25.3 Å². The number of rotatable bonds is 5. The molecule has 2 fully saturated rings. The zero-order valence-corrected chi connectivity index (χ0v) is 14.7. The fraction of sp³-hybridized carbons (Fsp3) is 0.500. The van der Waals surface area contributed by atoms with Crippen LogP contribution >= 0.6 is 0 Å². The van der Waals surface area contributed by atoms with Crippen LogP contribution in [-0.2, 0) is 16.0 Å². The molecule has 8 heteroatoms. The van der Waals surface area contributed by atoms with Gasteiger partial charge in [0.1, 0.15) is 6.33 Å². The first-order chi connectivity index (χ1) is 12.6. The van der Waals surface area contributed by atoms with E-state index < -0.39 is 0 Å². The van der Waals surface area contributed by atoms with Gasteiger partial charge in [-0.25, -0.2) is 4.68 Å². The third-order valence-corrected chi connectivity index (χ3v) is 5.30. The van der Waals surface area contributed by atoms with Crippen molar-refractivity contribution in [1.29, 1.82) is 0 Å². The molecule has 2 amide bonds. The van der Waals surface area contributed by atoms with Gasteiger partial charge in [-0.3, -0.25) is 9.59 Å². The number of likely N-dealkylation sites (tertiary alicyclic amines) is 1. The second-order valence-corrected chi connectivity index (χ2v) is 7.20. The molecule has 1 saturated heterocycles. The average Bonchev–Trinajstić information content (AvgIpc) is 3.15. The molecule has 136 valence electrons. The van der Waals surface area contributed by atoms with Gasteiger partial charge in [0.2, 0.25) is 11.8 Å². The summed E-state index contributed by atoms with van der Waals surface area (Å²) in [6.07, 6.45) is 4.27. The lowest BCUT2D eigenvalue weighted by Gasteiger charge is -2.19. The predicted octanol–water partition coefficient (Wildman–Crippen LogP) is 0.578. The minimum absolute atomic E-state index is 0.00113. The molecule has 0 spiro atoms. The highest BCUT2D eigenvalue weighted by Crippen LogP contribution is 2.41. The molecule has 1 aliphatic carbocycles. The van der Waals surface area contributed by atoms with Crippen molar-refractivity contribution in [3.8, 4) is 5.69 Å². The van der Waals surface area contributed by atoms with Gasteiger partial charge in [0.25, 0.3) is 0 Å². The van der Waals surface area contributed by atoms with Crippen LogP contribution in [-0.4, -0.2) is 56.1 Å². The van der Waals surface area contributed by atoms with Gasteiger partial charge in [0.15, 0.2) is 0 Å². The van der Waals surface area contributed by atoms with Gasteiger partial charge < -0.3 is 10.2 Å². The maximum absolute atomic E-state index is 12.5. The van der Waals surface area contributed by atoms with Gasteiger partial charge >= 0.3 is 0 Å². The Morgan fingerprint density at radius 2 is 1.96 bits per heavy atom. The van der Waals surface area contributed by atoms with Crippen LogP contribution in [0.25, 0.3) is 5.69 Å². The van der Waals surface area contributed by atoms with Crippen LogP contribution in [0.2, 0.25) is 0 Å². The lowest BCUT2D eigenvalue weighted by Crippen LogP contribution is -2.42. The molecule has 1 N–H and O–H groups in total. The van der Waals surface area contributed by atoms with E-state index in [1.54, 1.807) is 11.6 Å². The van der Waals surface area contributed by atoms with E-state index in [0.717, 1.165) is 17.8 Å². The highest BCUT2D eigenvalue weighted by atomic mass is 16.2. The third-order valence-electron chi connectivity index (χ3n) is 5.30. The number of benzene rings is 1. The van der Waals surface area contributed by atoms with Crippen molar-refractivity contribution in [2.45, 2.75) is 32.2 Å². The Bertz CT molecular complexity index is 785. The smallest absolute Gasteiger partial charge is 0.224 e. The summed E-state index contributed by atoms with van der Waals surface area (Å²) in [5, 5.41) is 14.2. The molecular weight excluding hydrogens is 332 g/mol. The summed E-state index contributed by atoms with van der Waals surface area (Å²) in [6.45, 7) is 2.99. The zero-order chi connectivity index (χ0) is 18.1. The Hall–Kier alpha value is -2.77. The number of aromatic nitrogens is 4. The second kappa shape index (κ2) is 6.86. The Kier molecular flexibility index (Phi) is 4.40. The summed E-state index contributed by atoms with van der Waals surface area (Å²) in [4.78, 5) is 26.0.